The summed E-state index contributed by atoms with van der Waals surface area (Å²) in [7, 11) is -3.43. The van der Waals surface area contributed by atoms with E-state index in [0.717, 1.165) is 5.41 Å². The molecule has 0 aromatic carbocycles. The summed E-state index contributed by atoms with van der Waals surface area (Å²) in [6.45, 7) is 1.96. The van der Waals surface area contributed by atoms with Gasteiger partial charge in [0.05, 0.1) is 18.6 Å². The van der Waals surface area contributed by atoms with Gasteiger partial charge in [-0.1, -0.05) is 0 Å². The van der Waals surface area contributed by atoms with Crippen LogP contribution < -0.4 is 0 Å². The van der Waals surface area contributed by atoms with Crippen LogP contribution in [0.5, 0.6) is 0 Å². The van der Waals surface area contributed by atoms with Crippen molar-refractivity contribution in [3.05, 3.63) is 21.2 Å². The van der Waals surface area contributed by atoms with Gasteiger partial charge in [-0.2, -0.15) is 0 Å². The summed E-state index contributed by atoms with van der Waals surface area (Å²) in [6, 6.07) is -1.12. The predicted molar refractivity (Wildman–Crippen MR) is 55.0 cm³/mol. The second-order valence-corrected chi connectivity index (χ2v) is 5.67. The maximum absolute atomic E-state index is 11.4. The van der Waals surface area contributed by atoms with Crippen molar-refractivity contribution in [3.63, 3.8) is 0 Å². The zero-order chi connectivity index (χ0) is 11.8. The summed E-state index contributed by atoms with van der Waals surface area (Å²) in [5, 5.41) is 11.8. The number of hydrogen-bond acceptors (Lipinski definition) is 6. The van der Waals surface area contributed by atoms with E-state index in [2.05, 4.69) is 0 Å². The Bertz CT molecular complexity index is 424. The van der Waals surface area contributed by atoms with Crippen molar-refractivity contribution in [1.29, 1.82) is 0 Å². The lowest BCUT2D eigenvalue weighted by Gasteiger charge is -2.29. The van der Waals surface area contributed by atoms with Crippen molar-refractivity contribution in [2.24, 2.45) is 0 Å². The van der Waals surface area contributed by atoms with Gasteiger partial charge in [0.2, 0.25) is 0 Å². The van der Waals surface area contributed by atoms with Gasteiger partial charge in [0.1, 0.15) is 11.4 Å². The van der Waals surface area contributed by atoms with Gasteiger partial charge in [0.25, 0.3) is 6.04 Å². The molecule has 0 aliphatic carbocycles. The van der Waals surface area contributed by atoms with E-state index in [0.29, 0.717) is 32.0 Å². The molecule has 1 saturated heterocycles. The first-order chi connectivity index (χ1) is 7.49. The highest BCUT2D eigenvalue weighted by Crippen LogP contribution is 2.24. The number of morpholine rings is 1. The van der Waals surface area contributed by atoms with Gasteiger partial charge in [-0.3, -0.25) is 10.1 Å². The maximum Gasteiger partial charge on any atom is 0.267 e. The van der Waals surface area contributed by atoms with Gasteiger partial charge in [-0.15, -0.1) is 0 Å². The Labute approximate surface area is 92.7 Å². The van der Waals surface area contributed by atoms with Crippen molar-refractivity contribution < 1.29 is 18.1 Å². The molecule has 0 radical (unpaired) electrons. The van der Waals surface area contributed by atoms with Gasteiger partial charge >= 0.3 is 0 Å². The number of nitrogens with zero attached hydrogens (tertiary/aromatic N) is 2. The van der Waals surface area contributed by atoms with E-state index in [4.69, 9.17) is 4.74 Å². The standard InChI is InChI=1S/C8H12N2O5S/c11-10(12)8-6-16(13,14)5-7(8)9-1-3-15-4-2-9/h5,8H,1-4,6H2. The van der Waals surface area contributed by atoms with E-state index in [1.54, 1.807) is 4.90 Å². The van der Waals surface area contributed by atoms with Crippen LogP contribution in [0.3, 0.4) is 0 Å². The molecule has 2 rings (SSSR count). The Morgan fingerprint density at radius 3 is 2.62 bits per heavy atom. The molecule has 0 aromatic rings. The molecule has 1 fully saturated rings. The van der Waals surface area contributed by atoms with Crippen molar-refractivity contribution in [1.82, 2.24) is 4.90 Å². The van der Waals surface area contributed by atoms with Crippen LogP contribution in [0.2, 0.25) is 0 Å². The Balaban J connectivity index is 2.25. The summed E-state index contributed by atoms with van der Waals surface area (Å²) in [4.78, 5) is 12.0. The lowest BCUT2D eigenvalue weighted by atomic mass is 10.2. The third-order valence-electron chi connectivity index (χ3n) is 2.66. The van der Waals surface area contributed by atoms with Crippen LogP contribution in [0.15, 0.2) is 11.1 Å². The second kappa shape index (κ2) is 4.02. The highest BCUT2D eigenvalue weighted by Gasteiger charge is 2.41. The molecule has 1 unspecified atom stereocenters. The molecular formula is C8H12N2O5S. The lowest BCUT2D eigenvalue weighted by molar-refractivity contribution is -0.508. The van der Waals surface area contributed by atoms with E-state index in [1.165, 1.54) is 0 Å². The summed E-state index contributed by atoms with van der Waals surface area (Å²) in [5.74, 6) is -0.424. The van der Waals surface area contributed by atoms with Crippen LogP contribution in [-0.2, 0) is 14.6 Å². The van der Waals surface area contributed by atoms with Gasteiger partial charge in [0, 0.05) is 18.0 Å². The first-order valence-corrected chi connectivity index (χ1v) is 6.62. The molecule has 8 heteroatoms. The SMILES string of the molecule is O=[N+]([O-])C1CS(=O)(=O)C=C1N1CCOCC1. The number of hydrogen-bond donors (Lipinski definition) is 0. The predicted octanol–water partition coefficient (Wildman–Crippen LogP) is -0.766. The molecule has 7 nitrogen and oxygen atoms in total. The Morgan fingerprint density at radius 1 is 1.44 bits per heavy atom. The van der Waals surface area contributed by atoms with Crippen LogP contribution in [0, 0.1) is 10.1 Å². The molecule has 2 aliphatic rings. The summed E-state index contributed by atoms with van der Waals surface area (Å²) >= 11 is 0. The molecule has 90 valence electrons. The highest BCUT2D eigenvalue weighted by atomic mass is 32.2. The van der Waals surface area contributed by atoms with E-state index in [9.17, 15) is 18.5 Å². The zero-order valence-electron chi connectivity index (χ0n) is 8.53. The van der Waals surface area contributed by atoms with Gasteiger partial charge < -0.3 is 9.64 Å². The van der Waals surface area contributed by atoms with Gasteiger partial charge in [-0.05, 0) is 0 Å². The third-order valence-corrected chi connectivity index (χ3v) is 4.04. The molecule has 0 bridgehead atoms. The lowest BCUT2D eigenvalue weighted by Crippen LogP contribution is -2.40. The number of nitro groups is 1. The molecule has 0 spiro atoms. The molecule has 16 heavy (non-hydrogen) atoms. The molecule has 1 atom stereocenters. The highest BCUT2D eigenvalue weighted by molar-refractivity contribution is 7.94. The van der Waals surface area contributed by atoms with E-state index in [-0.39, 0.29) is 0 Å². The minimum Gasteiger partial charge on any atom is -0.378 e. The molecule has 0 N–H and O–H groups in total. The summed E-state index contributed by atoms with van der Waals surface area (Å²) in [5.41, 5.74) is 0.299. The number of sulfone groups is 1. The largest absolute Gasteiger partial charge is 0.378 e. The number of ether oxygens (including phenoxy) is 1. The minimum atomic E-state index is -3.43. The molecule has 2 aliphatic heterocycles. The Hall–Kier alpha value is -1.15. The minimum absolute atomic E-state index is 0.299. The third kappa shape index (κ3) is 2.17. The van der Waals surface area contributed by atoms with Gasteiger partial charge in [-0.25, -0.2) is 8.42 Å². The van der Waals surface area contributed by atoms with Crippen molar-refractivity contribution in [2.75, 3.05) is 32.1 Å². The van der Waals surface area contributed by atoms with Crippen LogP contribution in [-0.4, -0.2) is 56.3 Å². The zero-order valence-corrected chi connectivity index (χ0v) is 9.35. The maximum atomic E-state index is 11.4. The van der Waals surface area contributed by atoms with Crippen molar-refractivity contribution in [3.8, 4) is 0 Å². The average Bonchev–Trinajstić information content (AvgIpc) is 2.56. The molecular weight excluding hydrogens is 236 g/mol. The quantitative estimate of drug-likeness (QED) is 0.471. The average molecular weight is 248 g/mol. The Kier molecular flexibility index (Phi) is 2.85. The smallest absolute Gasteiger partial charge is 0.267 e. The van der Waals surface area contributed by atoms with Crippen LogP contribution in [0.25, 0.3) is 0 Å². The molecule has 0 amide bonds. The fourth-order valence-corrected chi connectivity index (χ4v) is 3.39. The van der Waals surface area contributed by atoms with Crippen LogP contribution >= 0.6 is 0 Å². The van der Waals surface area contributed by atoms with E-state index < -0.39 is 26.6 Å². The molecule has 0 aromatic heterocycles. The fourth-order valence-electron chi connectivity index (χ4n) is 1.89. The van der Waals surface area contributed by atoms with E-state index >= 15 is 0 Å². The molecule has 0 saturated carbocycles. The van der Waals surface area contributed by atoms with E-state index in [1.807, 2.05) is 0 Å². The van der Waals surface area contributed by atoms with Crippen LogP contribution in [0.4, 0.5) is 0 Å². The van der Waals surface area contributed by atoms with Gasteiger partial charge in [0.15, 0.2) is 9.84 Å². The van der Waals surface area contributed by atoms with Crippen LogP contribution in [0.1, 0.15) is 0 Å². The van der Waals surface area contributed by atoms with Crippen molar-refractivity contribution >= 4 is 9.84 Å². The number of rotatable bonds is 2. The topological polar surface area (TPSA) is 89.8 Å². The Morgan fingerprint density at radius 2 is 2.06 bits per heavy atom. The second-order valence-electron chi connectivity index (χ2n) is 3.77. The summed E-state index contributed by atoms with van der Waals surface area (Å²) in [6.07, 6.45) is 0. The van der Waals surface area contributed by atoms with Crippen molar-refractivity contribution in [2.45, 2.75) is 6.04 Å². The first-order valence-electron chi connectivity index (χ1n) is 4.90. The monoisotopic (exact) mass is 248 g/mol. The molecule has 2 heterocycles. The fraction of sp³-hybridized carbons (Fsp3) is 0.750. The normalized spacial score (nSPS) is 28.9. The first kappa shape index (κ1) is 11.3. The summed E-state index contributed by atoms with van der Waals surface area (Å²) < 4.78 is 27.8.